The molecule has 0 aromatic heterocycles. The van der Waals surface area contributed by atoms with E-state index < -0.39 is 5.54 Å². The molecule has 0 unspecified atom stereocenters. The highest BCUT2D eigenvalue weighted by atomic mass is 16.3. The van der Waals surface area contributed by atoms with E-state index >= 15 is 0 Å². The topological polar surface area (TPSA) is 69.6 Å². The Morgan fingerprint density at radius 1 is 0.700 bits per heavy atom. The van der Waals surface area contributed by atoms with Gasteiger partial charge in [0.15, 0.2) is 0 Å². The number of rotatable bonds is 22. The molecule has 0 fully saturated rings. The maximum absolute atomic E-state index is 12.2. The number of carbonyl (C=O) groups excluding carboxylic acids is 1. The second-order valence-electron chi connectivity index (χ2n) is 9.06. The summed E-state index contributed by atoms with van der Waals surface area (Å²) in [6.45, 7) is 7.45. The van der Waals surface area contributed by atoms with Gasteiger partial charge in [0, 0.05) is 5.57 Å². The van der Waals surface area contributed by atoms with Crippen LogP contribution in [-0.2, 0) is 4.79 Å². The Hall–Kier alpha value is -0.870. The van der Waals surface area contributed by atoms with Crippen molar-refractivity contribution in [1.82, 2.24) is 5.32 Å². The molecule has 0 saturated carbocycles. The van der Waals surface area contributed by atoms with Crippen LogP contribution in [0.3, 0.4) is 0 Å². The number of aliphatic hydroxyl groups is 2. The number of nitrogens with one attached hydrogen (secondary N) is 1. The van der Waals surface area contributed by atoms with Gasteiger partial charge in [0.05, 0.1) is 18.8 Å². The first-order valence-electron chi connectivity index (χ1n) is 12.8. The fourth-order valence-electron chi connectivity index (χ4n) is 3.77. The Morgan fingerprint density at radius 2 is 1.07 bits per heavy atom. The van der Waals surface area contributed by atoms with E-state index in [1.54, 1.807) is 0 Å². The normalized spacial score (nSPS) is 11.6. The van der Waals surface area contributed by atoms with Gasteiger partial charge in [-0.2, -0.15) is 0 Å². The highest BCUT2D eigenvalue weighted by molar-refractivity contribution is 5.93. The van der Waals surface area contributed by atoms with E-state index in [-0.39, 0.29) is 19.1 Å². The van der Waals surface area contributed by atoms with Crippen molar-refractivity contribution in [2.45, 2.75) is 135 Å². The minimum atomic E-state index is -0.936. The molecule has 0 spiro atoms. The summed E-state index contributed by atoms with van der Waals surface area (Å²) in [7, 11) is 0. The van der Waals surface area contributed by atoms with Crippen LogP contribution < -0.4 is 5.32 Å². The average Bonchev–Trinajstić information content (AvgIpc) is 2.77. The van der Waals surface area contributed by atoms with Crippen LogP contribution in [0.4, 0.5) is 0 Å². The molecule has 0 bridgehead atoms. The van der Waals surface area contributed by atoms with Crippen molar-refractivity contribution in [1.29, 1.82) is 0 Å². The molecule has 1 amide bonds. The molecular weight excluding hydrogens is 374 g/mol. The van der Waals surface area contributed by atoms with Gasteiger partial charge in [0.2, 0.25) is 5.91 Å². The lowest BCUT2D eigenvalue weighted by molar-refractivity contribution is -0.121. The molecule has 178 valence electrons. The van der Waals surface area contributed by atoms with Crippen molar-refractivity contribution in [3.05, 3.63) is 12.2 Å². The van der Waals surface area contributed by atoms with Crippen LogP contribution >= 0.6 is 0 Å². The largest absolute Gasteiger partial charge is 0.394 e. The summed E-state index contributed by atoms with van der Waals surface area (Å²) in [5.74, 6) is -0.249. The van der Waals surface area contributed by atoms with Crippen LogP contribution in [0.25, 0.3) is 0 Å². The number of carbonyl (C=O) groups is 1. The van der Waals surface area contributed by atoms with Crippen molar-refractivity contribution in [2.75, 3.05) is 13.2 Å². The van der Waals surface area contributed by atoms with Crippen molar-refractivity contribution in [3.63, 3.8) is 0 Å². The summed E-state index contributed by atoms with van der Waals surface area (Å²) in [4.78, 5) is 12.2. The van der Waals surface area contributed by atoms with Gasteiger partial charge >= 0.3 is 0 Å². The Kier molecular flexibility index (Phi) is 19.5. The minimum absolute atomic E-state index is 0.249. The molecule has 4 heteroatoms. The van der Waals surface area contributed by atoms with E-state index in [0.29, 0.717) is 18.4 Å². The molecule has 3 N–H and O–H groups in total. The lowest BCUT2D eigenvalue weighted by Gasteiger charge is -2.30. The van der Waals surface area contributed by atoms with Crippen LogP contribution in [0.15, 0.2) is 12.2 Å². The third-order valence-corrected chi connectivity index (χ3v) is 6.31. The van der Waals surface area contributed by atoms with Gasteiger partial charge < -0.3 is 15.5 Å². The predicted molar refractivity (Wildman–Crippen MR) is 129 cm³/mol. The van der Waals surface area contributed by atoms with E-state index in [1.165, 1.54) is 89.9 Å². The first-order chi connectivity index (χ1) is 14.5. The third-order valence-electron chi connectivity index (χ3n) is 6.31. The second-order valence-corrected chi connectivity index (χ2v) is 9.06. The molecule has 0 heterocycles. The molecule has 0 atom stereocenters. The molecule has 0 aromatic carbocycles. The SMILES string of the molecule is C=C(CCCCCCCCCCCCCCCCCC)C(=O)NC(CC)(CO)CO. The van der Waals surface area contributed by atoms with E-state index in [0.717, 1.165) is 12.8 Å². The van der Waals surface area contributed by atoms with Crippen molar-refractivity contribution < 1.29 is 15.0 Å². The van der Waals surface area contributed by atoms with Crippen molar-refractivity contribution in [3.8, 4) is 0 Å². The monoisotopic (exact) mass is 425 g/mol. The summed E-state index contributed by atoms with van der Waals surface area (Å²) in [5, 5.41) is 21.6. The van der Waals surface area contributed by atoms with Gasteiger partial charge in [-0.1, -0.05) is 117 Å². The lowest BCUT2D eigenvalue weighted by atomic mass is 9.97. The second kappa shape index (κ2) is 20.1. The molecule has 4 nitrogen and oxygen atoms in total. The lowest BCUT2D eigenvalue weighted by Crippen LogP contribution is -2.54. The Balaban J connectivity index is 3.49. The molecule has 0 radical (unpaired) electrons. The van der Waals surface area contributed by atoms with Gasteiger partial charge in [-0.3, -0.25) is 4.79 Å². The fourth-order valence-corrected chi connectivity index (χ4v) is 3.77. The molecule has 0 aromatic rings. The van der Waals surface area contributed by atoms with Gasteiger partial charge in [-0.25, -0.2) is 0 Å². The smallest absolute Gasteiger partial charge is 0.247 e. The van der Waals surface area contributed by atoms with Gasteiger partial charge in [-0.05, 0) is 19.3 Å². The Bertz CT molecular complexity index is 410. The molecular formula is C26H51NO3. The Morgan fingerprint density at radius 3 is 1.40 bits per heavy atom. The van der Waals surface area contributed by atoms with E-state index in [1.807, 2.05) is 6.92 Å². The van der Waals surface area contributed by atoms with E-state index in [4.69, 9.17) is 0 Å². The zero-order valence-corrected chi connectivity index (χ0v) is 20.2. The molecule has 0 aliphatic rings. The van der Waals surface area contributed by atoms with E-state index in [2.05, 4.69) is 18.8 Å². The molecule has 0 rings (SSSR count). The van der Waals surface area contributed by atoms with Gasteiger partial charge in [-0.15, -0.1) is 0 Å². The standard InChI is InChI=1S/C26H51NO3/c1-4-6-7-8-9-10-11-12-13-14-15-16-17-18-19-20-21-24(3)25(30)27-26(5-2,22-28)23-29/h28-29H,3-23H2,1-2H3,(H,27,30). The number of hydrogen-bond donors (Lipinski definition) is 3. The number of hydrogen-bond acceptors (Lipinski definition) is 3. The quantitative estimate of drug-likeness (QED) is 0.138. The molecule has 0 aliphatic carbocycles. The zero-order chi connectivity index (χ0) is 22.5. The average molecular weight is 426 g/mol. The van der Waals surface area contributed by atoms with Crippen LogP contribution in [0.2, 0.25) is 0 Å². The minimum Gasteiger partial charge on any atom is -0.394 e. The van der Waals surface area contributed by atoms with Crippen LogP contribution in [0.1, 0.15) is 129 Å². The van der Waals surface area contributed by atoms with E-state index in [9.17, 15) is 15.0 Å². The maximum Gasteiger partial charge on any atom is 0.247 e. The number of aliphatic hydroxyl groups excluding tert-OH is 2. The van der Waals surface area contributed by atoms with Crippen LogP contribution in [0, 0.1) is 0 Å². The highest BCUT2D eigenvalue weighted by Gasteiger charge is 2.29. The summed E-state index contributed by atoms with van der Waals surface area (Å²) in [6, 6.07) is 0. The van der Waals surface area contributed by atoms with Gasteiger partial charge in [0.25, 0.3) is 0 Å². The summed E-state index contributed by atoms with van der Waals surface area (Å²) in [6.07, 6.45) is 22.5. The highest BCUT2D eigenvalue weighted by Crippen LogP contribution is 2.16. The first-order valence-corrected chi connectivity index (χ1v) is 12.8. The zero-order valence-electron chi connectivity index (χ0n) is 20.2. The van der Waals surface area contributed by atoms with Crippen molar-refractivity contribution >= 4 is 5.91 Å². The van der Waals surface area contributed by atoms with Crippen LogP contribution in [0.5, 0.6) is 0 Å². The summed E-state index contributed by atoms with van der Waals surface area (Å²) >= 11 is 0. The van der Waals surface area contributed by atoms with Crippen molar-refractivity contribution in [2.24, 2.45) is 0 Å². The number of amides is 1. The molecule has 30 heavy (non-hydrogen) atoms. The fraction of sp³-hybridized carbons (Fsp3) is 0.885. The first kappa shape index (κ1) is 29.1. The molecule has 0 saturated heterocycles. The summed E-state index contributed by atoms with van der Waals surface area (Å²) < 4.78 is 0. The maximum atomic E-state index is 12.2. The Labute approximate surface area is 186 Å². The third kappa shape index (κ3) is 15.0. The predicted octanol–water partition coefficient (Wildman–Crippen LogP) is 6.44. The van der Waals surface area contributed by atoms with Gasteiger partial charge in [0.1, 0.15) is 0 Å². The van der Waals surface area contributed by atoms with Crippen LogP contribution in [-0.4, -0.2) is 34.9 Å². The molecule has 0 aliphatic heterocycles. The summed E-state index contributed by atoms with van der Waals surface area (Å²) in [5.41, 5.74) is -0.394. The number of unbranched alkanes of at least 4 members (excludes halogenated alkanes) is 15.